The topological polar surface area (TPSA) is 79.3 Å². The molecule has 0 aliphatic rings. The molecule has 1 aromatic heterocycles. The molecular formula is C23H24ClF3N4O2. The first-order valence-electron chi connectivity index (χ1n) is 10.2. The zero-order chi connectivity index (χ0) is 24.0. The highest BCUT2D eigenvalue weighted by Crippen LogP contribution is 2.29. The second-order valence-corrected chi connectivity index (χ2v) is 8.13. The van der Waals surface area contributed by atoms with E-state index in [1.54, 1.807) is 18.2 Å². The van der Waals surface area contributed by atoms with Gasteiger partial charge < -0.3 is 20.5 Å². The van der Waals surface area contributed by atoms with Crippen LogP contribution in [0, 0.1) is 5.92 Å². The number of hydrogen-bond acceptors (Lipinski definition) is 6. The lowest BCUT2D eigenvalue weighted by Gasteiger charge is -2.21. The first-order valence-corrected chi connectivity index (χ1v) is 10.6. The van der Waals surface area contributed by atoms with E-state index in [0.29, 0.717) is 28.6 Å². The van der Waals surface area contributed by atoms with E-state index in [-0.39, 0.29) is 30.3 Å². The summed E-state index contributed by atoms with van der Waals surface area (Å²) >= 11 is 6.04. The maximum Gasteiger partial charge on any atom is 0.573 e. The number of aliphatic hydroxyl groups excluding tert-OH is 1. The summed E-state index contributed by atoms with van der Waals surface area (Å²) in [5, 5.41) is 16.6. The Hall–Kier alpha value is -3.04. The predicted molar refractivity (Wildman–Crippen MR) is 122 cm³/mol. The number of benzene rings is 2. The minimum absolute atomic E-state index is 0.0913. The Kier molecular flexibility index (Phi) is 7.99. The van der Waals surface area contributed by atoms with Crippen LogP contribution < -0.4 is 15.4 Å². The highest BCUT2D eigenvalue weighted by atomic mass is 35.5. The van der Waals surface area contributed by atoms with Crippen LogP contribution in [0.15, 0.2) is 54.6 Å². The second kappa shape index (κ2) is 10.7. The van der Waals surface area contributed by atoms with Crippen molar-refractivity contribution in [3.63, 3.8) is 0 Å². The number of alkyl halides is 3. The zero-order valence-electron chi connectivity index (χ0n) is 18.0. The van der Waals surface area contributed by atoms with Crippen molar-refractivity contribution in [1.82, 2.24) is 9.97 Å². The highest BCUT2D eigenvalue weighted by molar-refractivity contribution is 6.30. The highest BCUT2D eigenvalue weighted by Gasteiger charge is 2.31. The van der Waals surface area contributed by atoms with Crippen molar-refractivity contribution in [2.45, 2.75) is 32.8 Å². The van der Waals surface area contributed by atoms with E-state index < -0.39 is 6.36 Å². The van der Waals surface area contributed by atoms with E-state index in [9.17, 15) is 18.3 Å². The monoisotopic (exact) mass is 480 g/mol. The maximum absolute atomic E-state index is 12.7. The van der Waals surface area contributed by atoms with Gasteiger partial charge in [-0.1, -0.05) is 49.7 Å². The van der Waals surface area contributed by atoms with Crippen molar-refractivity contribution in [1.29, 1.82) is 0 Å². The van der Waals surface area contributed by atoms with Gasteiger partial charge in [-0.15, -0.1) is 13.2 Å². The maximum atomic E-state index is 12.7. The van der Waals surface area contributed by atoms with Crippen LogP contribution in [0.1, 0.15) is 19.4 Å². The lowest BCUT2D eigenvalue weighted by Crippen LogP contribution is -2.30. The van der Waals surface area contributed by atoms with Gasteiger partial charge in [0.1, 0.15) is 11.6 Å². The molecule has 10 heteroatoms. The number of nitrogens with one attached hydrogen (secondary N) is 2. The van der Waals surface area contributed by atoms with Gasteiger partial charge in [-0.3, -0.25) is 0 Å². The summed E-state index contributed by atoms with van der Waals surface area (Å²) in [5.74, 6) is 0.423. The van der Waals surface area contributed by atoms with Crippen LogP contribution in [0.4, 0.5) is 24.9 Å². The van der Waals surface area contributed by atoms with Crippen molar-refractivity contribution in [3.8, 4) is 17.0 Å². The molecule has 1 atom stereocenters. The van der Waals surface area contributed by atoms with Gasteiger partial charge in [-0.25, -0.2) is 4.98 Å². The Morgan fingerprint density at radius 3 is 2.48 bits per heavy atom. The van der Waals surface area contributed by atoms with Crippen LogP contribution in [0.25, 0.3) is 11.3 Å². The van der Waals surface area contributed by atoms with Crippen molar-refractivity contribution in [2.75, 3.05) is 17.2 Å². The number of anilines is 2. The molecule has 33 heavy (non-hydrogen) atoms. The van der Waals surface area contributed by atoms with Gasteiger partial charge in [0.2, 0.25) is 5.95 Å². The largest absolute Gasteiger partial charge is 0.573 e. The molecule has 0 unspecified atom stereocenters. The summed E-state index contributed by atoms with van der Waals surface area (Å²) in [5.41, 5.74) is 1.72. The van der Waals surface area contributed by atoms with Crippen molar-refractivity contribution in [2.24, 2.45) is 5.92 Å². The molecule has 1 heterocycles. The number of ether oxygens (including phenoxy) is 1. The summed E-state index contributed by atoms with van der Waals surface area (Å²) < 4.78 is 42.0. The molecule has 0 saturated carbocycles. The molecule has 176 valence electrons. The number of nitrogens with zero attached hydrogens (tertiary/aromatic N) is 2. The van der Waals surface area contributed by atoms with Gasteiger partial charge >= 0.3 is 6.36 Å². The molecule has 0 radical (unpaired) electrons. The van der Waals surface area contributed by atoms with Gasteiger partial charge in [0.15, 0.2) is 0 Å². The van der Waals surface area contributed by atoms with E-state index in [2.05, 4.69) is 25.3 Å². The first kappa shape index (κ1) is 24.6. The van der Waals surface area contributed by atoms with E-state index in [0.717, 1.165) is 5.56 Å². The average Bonchev–Trinajstić information content (AvgIpc) is 2.75. The van der Waals surface area contributed by atoms with Gasteiger partial charge in [0, 0.05) is 23.2 Å². The Bertz CT molecular complexity index is 1080. The molecule has 0 saturated heterocycles. The summed E-state index contributed by atoms with van der Waals surface area (Å²) in [6.45, 7) is 4.16. The first-order chi connectivity index (χ1) is 15.6. The van der Waals surface area contributed by atoms with Gasteiger partial charge in [-0.05, 0) is 35.7 Å². The third-order valence-electron chi connectivity index (χ3n) is 4.77. The van der Waals surface area contributed by atoms with E-state index in [1.807, 2.05) is 32.0 Å². The van der Waals surface area contributed by atoms with Crippen LogP contribution in [-0.4, -0.2) is 34.1 Å². The van der Waals surface area contributed by atoms with Gasteiger partial charge in [-0.2, -0.15) is 4.98 Å². The summed E-state index contributed by atoms with van der Waals surface area (Å²) in [7, 11) is 0. The smallest absolute Gasteiger partial charge is 0.406 e. The van der Waals surface area contributed by atoms with Crippen LogP contribution in [0.5, 0.6) is 5.75 Å². The molecular weight excluding hydrogens is 457 g/mol. The average molecular weight is 481 g/mol. The Labute approximate surface area is 194 Å². The van der Waals surface area contributed by atoms with Crippen LogP contribution in [-0.2, 0) is 6.54 Å². The molecule has 0 aliphatic carbocycles. The van der Waals surface area contributed by atoms with Crippen molar-refractivity contribution in [3.05, 3.63) is 65.2 Å². The summed E-state index contributed by atoms with van der Waals surface area (Å²) in [4.78, 5) is 8.91. The number of aromatic nitrogens is 2. The van der Waals surface area contributed by atoms with Crippen LogP contribution in [0.2, 0.25) is 5.02 Å². The molecule has 3 rings (SSSR count). The van der Waals surface area contributed by atoms with Gasteiger partial charge in [0.05, 0.1) is 18.3 Å². The second-order valence-electron chi connectivity index (χ2n) is 7.70. The van der Waals surface area contributed by atoms with Crippen molar-refractivity contribution < 1.29 is 23.0 Å². The Balaban J connectivity index is 1.93. The standard InChI is InChI=1S/C23H24ClF3N4O2/c1-14(2)20(13-32)30-22-29-19(16-6-4-8-18(10-16)33-23(25,26)27)11-21(31-22)28-12-15-5-3-7-17(24)9-15/h3-11,14,20,32H,12-13H2,1-2H3,(H2,28,29,30,31)/t20-/m0/s1. The lowest BCUT2D eigenvalue weighted by molar-refractivity contribution is -0.274. The van der Waals surface area contributed by atoms with Crippen LogP contribution in [0.3, 0.4) is 0 Å². The third kappa shape index (κ3) is 7.50. The normalized spacial score (nSPS) is 12.5. The molecule has 0 bridgehead atoms. The molecule has 0 spiro atoms. The van der Waals surface area contributed by atoms with Gasteiger partial charge in [0.25, 0.3) is 0 Å². The molecule has 0 fully saturated rings. The van der Waals surface area contributed by atoms with E-state index >= 15 is 0 Å². The minimum Gasteiger partial charge on any atom is -0.406 e. The molecule has 0 aliphatic heterocycles. The summed E-state index contributed by atoms with van der Waals surface area (Å²) in [6, 6.07) is 14.2. The number of hydrogen-bond donors (Lipinski definition) is 3. The molecule has 2 aromatic carbocycles. The Morgan fingerprint density at radius 2 is 1.82 bits per heavy atom. The minimum atomic E-state index is -4.80. The quantitative estimate of drug-likeness (QED) is 0.362. The lowest BCUT2D eigenvalue weighted by atomic mass is 10.1. The zero-order valence-corrected chi connectivity index (χ0v) is 18.8. The third-order valence-corrected chi connectivity index (χ3v) is 5.00. The van der Waals surface area contributed by atoms with Crippen molar-refractivity contribution >= 4 is 23.4 Å². The fourth-order valence-corrected chi connectivity index (χ4v) is 3.24. The SMILES string of the molecule is CC(C)[C@H](CO)Nc1nc(NCc2cccc(Cl)c2)cc(-c2cccc(OC(F)(F)F)c2)n1. The Morgan fingerprint density at radius 1 is 1.06 bits per heavy atom. The van der Waals surface area contributed by atoms with E-state index in [4.69, 9.17) is 11.6 Å². The number of halogens is 4. The molecule has 6 nitrogen and oxygen atoms in total. The summed E-state index contributed by atoms with van der Waals surface area (Å²) in [6.07, 6.45) is -4.80. The predicted octanol–water partition coefficient (Wildman–Crippen LogP) is 5.74. The molecule has 3 N–H and O–H groups in total. The molecule has 0 amide bonds. The van der Waals surface area contributed by atoms with E-state index in [1.165, 1.54) is 18.2 Å². The number of aliphatic hydroxyl groups is 1. The van der Waals surface area contributed by atoms with Crippen LogP contribution >= 0.6 is 11.6 Å². The molecule has 3 aromatic rings. The number of rotatable bonds is 9. The fourth-order valence-electron chi connectivity index (χ4n) is 3.03. The fraction of sp³-hybridized carbons (Fsp3) is 0.304.